The molecule has 1 heterocycles. The van der Waals surface area contributed by atoms with Gasteiger partial charge in [-0.15, -0.1) is 0 Å². The molecule has 3 rings (SSSR count). The van der Waals surface area contributed by atoms with E-state index in [9.17, 15) is 4.79 Å². The Labute approximate surface area is 137 Å². The highest BCUT2D eigenvalue weighted by Crippen LogP contribution is 2.28. The summed E-state index contributed by atoms with van der Waals surface area (Å²) >= 11 is 0. The largest absolute Gasteiger partial charge is 0.481 e. The van der Waals surface area contributed by atoms with Gasteiger partial charge >= 0.3 is 5.97 Å². The number of carboxylic acid groups (broad SMARTS) is 1. The molecule has 1 aliphatic heterocycles. The molecule has 120 valence electrons. The van der Waals surface area contributed by atoms with E-state index in [0.717, 1.165) is 32.2 Å². The predicted molar refractivity (Wildman–Crippen MR) is 92.9 cm³/mol. The number of benzene rings is 2. The zero-order valence-electron chi connectivity index (χ0n) is 13.3. The first-order chi connectivity index (χ1) is 11.2. The third kappa shape index (κ3) is 4.13. The van der Waals surface area contributed by atoms with Crippen LogP contribution < -0.4 is 4.90 Å². The third-order valence-electron chi connectivity index (χ3n) is 4.59. The van der Waals surface area contributed by atoms with Crippen LogP contribution in [0.4, 0.5) is 5.69 Å². The molecule has 1 fully saturated rings. The van der Waals surface area contributed by atoms with E-state index in [0.29, 0.717) is 6.04 Å². The Morgan fingerprint density at radius 2 is 1.74 bits per heavy atom. The summed E-state index contributed by atoms with van der Waals surface area (Å²) in [6.07, 6.45) is 4.19. The topological polar surface area (TPSA) is 40.5 Å². The summed E-state index contributed by atoms with van der Waals surface area (Å²) in [7, 11) is 0. The highest BCUT2D eigenvalue weighted by molar-refractivity contribution is 5.66. The fourth-order valence-corrected chi connectivity index (χ4v) is 3.40. The van der Waals surface area contributed by atoms with Crippen molar-refractivity contribution in [3.05, 3.63) is 65.7 Å². The van der Waals surface area contributed by atoms with Gasteiger partial charge in [0.1, 0.15) is 0 Å². The average molecular weight is 309 g/mol. The van der Waals surface area contributed by atoms with Crippen molar-refractivity contribution in [2.24, 2.45) is 0 Å². The molecule has 0 unspecified atom stereocenters. The van der Waals surface area contributed by atoms with Crippen molar-refractivity contribution in [2.75, 3.05) is 11.4 Å². The molecule has 1 N–H and O–H groups in total. The first-order valence-electron chi connectivity index (χ1n) is 8.33. The second-order valence-electron chi connectivity index (χ2n) is 6.25. The molecule has 0 bridgehead atoms. The molecule has 2 aromatic carbocycles. The van der Waals surface area contributed by atoms with Crippen molar-refractivity contribution in [1.82, 2.24) is 0 Å². The molecule has 0 aliphatic carbocycles. The monoisotopic (exact) mass is 309 g/mol. The van der Waals surface area contributed by atoms with E-state index >= 15 is 0 Å². The number of hydrogen-bond donors (Lipinski definition) is 1. The molecule has 0 radical (unpaired) electrons. The minimum absolute atomic E-state index is 0.257. The van der Waals surface area contributed by atoms with E-state index < -0.39 is 5.97 Å². The van der Waals surface area contributed by atoms with Crippen LogP contribution in [-0.2, 0) is 11.2 Å². The molecule has 23 heavy (non-hydrogen) atoms. The molecular weight excluding hydrogens is 286 g/mol. The molecule has 0 aromatic heterocycles. The summed E-state index contributed by atoms with van der Waals surface area (Å²) in [6.45, 7) is 1.03. The smallest absolute Gasteiger partial charge is 0.303 e. The first-order valence-corrected chi connectivity index (χ1v) is 8.33. The Hall–Kier alpha value is -2.29. The van der Waals surface area contributed by atoms with Gasteiger partial charge in [-0.3, -0.25) is 4.79 Å². The maximum absolute atomic E-state index is 10.8. The van der Waals surface area contributed by atoms with Gasteiger partial charge in [0.2, 0.25) is 0 Å². The highest BCUT2D eigenvalue weighted by Gasteiger charge is 2.25. The average Bonchev–Trinajstić information content (AvgIpc) is 3.03. The van der Waals surface area contributed by atoms with E-state index in [1.54, 1.807) is 0 Å². The van der Waals surface area contributed by atoms with Crippen molar-refractivity contribution >= 4 is 11.7 Å². The maximum atomic E-state index is 10.8. The zero-order chi connectivity index (χ0) is 16.1. The van der Waals surface area contributed by atoms with E-state index in [1.807, 2.05) is 6.07 Å². The molecule has 0 amide bonds. The summed E-state index contributed by atoms with van der Waals surface area (Å²) in [5, 5.41) is 8.89. The minimum atomic E-state index is -0.699. The van der Waals surface area contributed by atoms with Crippen LogP contribution >= 0.6 is 0 Å². The molecule has 1 atom stereocenters. The number of aliphatic carboxylic acids is 1. The number of carboxylic acids is 1. The Morgan fingerprint density at radius 3 is 2.43 bits per heavy atom. The van der Waals surface area contributed by atoms with Crippen LogP contribution in [-0.4, -0.2) is 23.7 Å². The summed E-state index contributed by atoms with van der Waals surface area (Å²) in [5.41, 5.74) is 3.84. The van der Waals surface area contributed by atoms with Crippen LogP contribution in [0, 0.1) is 0 Å². The second kappa shape index (κ2) is 7.32. The SMILES string of the molecule is O=C(O)CC[C@@H]1CCCN1c1ccc(Cc2ccccc2)cc1. The second-order valence-corrected chi connectivity index (χ2v) is 6.25. The number of anilines is 1. The predicted octanol–water partition coefficient (Wildman–Crippen LogP) is 4.11. The molecule has 1 saturated heterocycles. The highest BCUT2D eigenvalue weighted by atomic mass is 16.4. The van der Waals surface area contributed by atoms with Crippen LogP contribution in [0.1, 0.15) is 36.8 Å². The lowest BCUT2D eigenvalue weighted by Gasteiger charge is -2.26. The van der Waals surface area contributed by atoms with Crippen molar-refractivity contribution < 1.29 is 9.90 Å². The Balaban J connectivity index is 1.65. The molecular formula is C20H23NO2. The van der Waals surface area contributed by atoms with Gasteiger partial charge in [-0.1, -0.05) is 42.5 Å². The van der Waals surface area contributed by atoms with Crippen LogP contribution in [0.3, 0.4) is 0 Å². The first kappa shape index (κ1) is 15.6. The number of carbonyl (C=O) groups is 1. The Kier molecular flexibility index (Phi) is 4.96. The Morgan fingerprint density at radius 1 is 1.04 bits per heavy atom. The van der Waals surface area contributed by atoms with E-state index in [1.165, 1.54) is 16.8 Å². The van der Waals surface area contributed by atoms with Gasteiger partial charge in [-0.2, -0.15) is 0 Å². The van der Waals surface area contributed by atoms with Gasteiger partial charge in [0.05, 0.1) is 0 Å². The number of rotatable bonds is 6. The molecule has 1 aliphatic rings. The molecule has 3 heteroatoms. The fourth-order valence-electron chi connectivity index (χ4n) is 3.40. The van der Waals surface area contributed by atoms with Crippen molar-refractivity contribution in [1.29, 1.82) is 0 Å². The molecule has 3 nitrogen and oxygen atoms in total. The summed E-state index contributed by atoms with van der Waals surface area (Å²) in [5.74, 6) is -0.699. The lowest BCUT2D eigenvalue weighted by atomic mass is 10.0. The van der Waals surface area contributed by atoms with E-state index in [-0.39, 0.29) is 6.42 Å². The lowest BCUT2D eigenvalue weighted by molar-refractivity contribution is -0.137. The minimum Gasteiger partial charge on any atom is -0.481 e. The summed E-state index contributed by atoms with van der Waals surface area (Å²) in [6, 6.07) is 19.6. The van der Waals surface area contributed by atoms with Crippen LogP contribution in [0.15, 0.2) is 54.6 Å². The van der Waals surface area contributed by atoms with Gasteiger partial charge in [0.15, 0.2) is 0 Å². The molecule has 0 saturated carbocycles. The third-order valence-corrected chi connectivity index (χ3v) is 4.59. The van der Waals surface area contributed by atoms with E-state index in [4.69, 9.17) is 5.11 Å². The Bertz CT molecular complexity index is 636. The van der Waals surface area contributed by atoms with Gasteiger partial charge in [0.25, 0.3) is 0 Å². The van der Waals surface area contributed by atoms with Gasteiger partial charge in [0, 0.05) is 24.7 Å². The fraction of sp³-hybridized carbons (Fsp3) is 0.350. The van der Waals surface area contributed by atoms with Crippen LogP contribution in [0.25, 0.3) is 0 Å². The van der Waals surface area contributed by atoms with Crippen molar-refractivity contribution in [2.45, 2.75) is 38.1 Å². The number of nitrogens with zero attached hydrogens (tertiary/aromatic N) is 1. The number of hydrogen-bond acceptors (Lipinski definition) is 2. The zero-order valence-corrected chi connectivity index (χ0v) is 13.3. The van der Waals surface area contributed by atoms with Crippen molar-refractivity contribution in [3.63, 3.8) is 0 Å². The normalized spacial score (nSPS) is 17.4. The lowest BCUT2D eigenvalue weighted by Crippen LogP contribution is -2.29. The van der Waals surface area contributed by atoms with Gasteiger partial charge < -0.3 is 10.0 Å². The van der Waals surface area contributed by atoms with Crippen LogP contribution in [0.5, 0.6) is 0 Å². The van der Waals surface area contributed by atoms with Crippen LogP contribution in [0.2, 0.25) is 0 Å². The maximum Gasteiger partial charge on any atom is 0.303 e. The van der Waals surface area contributed by atoms with E-state index in [2.05, 4.69) is 53.4 Å². The van der Waals surface area contributed by atoms with Gasteiger partial charge in [-0.25, -0.2) is 0 Å². The quantitative estimate of drug-likeness (QED) is 0.873. The molecule has 2 aromatic rings. The standard InChI is InChI=1S/C20H23NO2/c22-20(23)13-12-18-7-4-14-21(18)19-10-8-17(9-11-19)15-16-5-2-1-3-6-16/h1-3,5-6,8-11,18H,4,7,12-15H2,(H,22,23)/t18-/m0/s1. The summed E-state index contributed by atoms with van der Waals surface area (Å²) in [4.78, 5) is 13.2. The molecule has 0 spiro atoms. The van der Waals surface area contributed by atoms with Gasteiger partial charge in [-0.05, 0) is 48.9 Å². The van der Waals surface area contributed by atoms with Crippen molar-refractivity contribution in [3.8, 4) is 0 Å². The summed E-state index contributed by atoms with van der Waals surface area (Å²) < 4.78 is 0.